The smallest absolute Gasteiger partial charge is 0.328 e. The summed E-state index contributed by atoms with van der Waals surface area (Å²) in [5.41, 5.74) is 0.821. The van der Waals surface area contributed by atoms with Crippen LogP contribution in [0.2, 0.25) is 0 Å². The number of carbonyl (C=O) groups is 1. The fourth-order valence-electron chi connectivity index (χ4n) is 2.34. The van der Waals surface area contributed by atoms with E-state index in [2.05, 4.69) is 9.97 Å². The van der Waals surface area contributed by atoms with Gasteiger partial charge in [0.15, 0.2) is 0 Å². The summed E-state index contributed by atoms with van der Waals surface area (Å²) < 4.78 is 10.5. The van der Waals surface area contributed by atoms with Crippen LogP contribution in [0, 0.1) is 6.92 Å². The lowest BCUT2D eigenvalue weighted by atomic mass is 10.2. The Morgan fingerprint density at radius 2 is 2.20 bits per heavy atom. The van der Waals surface area contributed by atoms with Crippen LogP contribution in [0.15, 0.2) is 6.07 Å². The minimum atomic E-state index is -0.298. The predicted octanol–water partition coefficient (Wildman–Crippen LogP) is 1.71. The summed E-state index contributed by atoms with van der Waals surface area (Å²) in [4.78, 5) is 22.5. The first-order valence-corrected chi connectivity index (χ1v) is 6.88. The van der Waals surface area contributed by atoms with Crippen LogP contribution >= 0.6 is 0 Å². The first-order chi connectivity index (χ1) is 9.51. The van der Waals surface area contributed by atoms with Crippen LogP contribution in [0.1, 0.15) is 32.4 Å². The molecule has 0 saturated carbocycles. The van der Waals surface area contributed by atoms with Gasteiger partial charge in [-0.1, -0.05) is 0 Å². The average molecular weight is 279 g/mol. The summed E-state index contributed by atoms with van der Waals surface area (Å²) >= 11 is 0. The molecule has 1 aliphatic rings. The largest absolute Gasteiger partial charge is 0.475 e. The fourth-order valence-corrected chi connectivity index (χ4v) is 2.34. The van der Waals surface area contributed by atoms with Crippen LogP contribution in [0.4, 0.5) is 5.95 Å². The average Bonchev–Trinajstić information content (AvgIpc) is 2.85. The van der Waals surface area contributed by atoms with Crippen molar-refractivity contribution in [3.8, 4) is 5.88 Å². The van der Waals surface area contributed by atoms with Gasteiger partial charge >= 0.3 is 5.97 Å². The van der Waals surface area contributed by atoms with E-state index in [1.165, 1.54) is 7.11 Å². The number of rotatable bonds is 4. The van der Waals surface area contributed by atoms with Crippen LogP contribution < -0.4 is 9.64 Å². The number of aryl methyl sites for hydroxylation is 1. The number of hydrogen-bond acceptors (Lipinski definition) is 6. The van der Waals surface area contributed by atoms with Gasteiger partial charge in [0, 0.05) is 18.3 Å². The molecule has 6 nitrogen and oxygen atoms in total. The fraction of sp³-hybridized carbons (Fsp3) is 0.643. The second-order valence-electron chi connectivity index (χ2n) is 5.19. The number of hydrogen-bond donors (Lipinski definition) is 0. The van der Waals surface area contributed by atoms with Crippen molar-refractivity contribution in [1.82, 2.24) is 9.97 Å². The summed E-state index contributed by atoms with van der Waals surface area (Å²) in [6, 6.07) is 1.50. The molecule has 1 aromatic heterocycles. The van der Waals surface area contributed by atoms with Crippen LogP contribution in [0.3, 0.4) is 0 Å². The van der Waals surface area contributed by atoms with Crippen LogP contribution in [0.25, 0.3) is 0 Å². The number of anilines is 1. The Labute approximate surface area is 119 Å². The summed E-state index contributed by atoms with van der Waals surface area (Å²) in [5, 5.41) is 0. The zero-order valence-electron chi connectivity index (χ0n) is 12.4. The summed E-state index contributed by atoms with van der Waals surface area (Å²) in [6.07, 6.45) is 1.74. The Balaban J connectivity index is 2.27. The first kappa shape index (κ1) is 14.6. The number of ether oxygens (including phenoxy) is 2. The molecule has 1 unspecified atom stereocenters. The third kappa shape index (κ3) is 3.18. The van der Waals surface area contributed by atoms with Gasteiger partial charge in [0.2, 0.25) is 11.8 Å². The van der Waals surface area contributed by atoms with Gasteiger partial charge in [-0.15, -0.1) is 0 Å². The van der Waals surface area contributed by atoms with Crippen LogP contribution in [-0.2, 0) is 9.53 Å². The molecule has 1 aliphatic heterocycles. The maximum absolute atomic E-state index is 11.8. The number of aromatic nitrogens is 2. The maximum Gasteiger partial charge on any atom is 0.328 e. The first-order valence-electron chi connectivity index (χ1n) is 6.88. The van der Waals surface area contributed by atoms with E-state index in [1.807, 2.05) is 25.7 Å². The molecule has 0 spiro atoms. The van der Waals surface area contributed by atoms with Gasteiger partial charge in [-0.05, 0) is 33.6 Å². The van der Waals surface area contributed by atoms with Crippen LogP contribution in [0.5, 0.6) is 5.88 Å². The van der Waals surface area contributed by atoms with Gasteiger partial charge in [-0.25, -0.2) is 9.78 Å². The van der Waals surface area contributed by atoms with Crippen molar-refractivity contribution in [1.29, 1.82) is 0 Å². The molecule has 1 aromatic rings. The molecule has 0 bridgehead atoms. The quantitative estimate of drug-likeness (QED) is 0.782. The van der Waals surface area contributed by atoms with Gasteiger partial charge in [0.05, 0.1) is 13.2 Å². The lowest BCUT2D eigenvalue weighted by molar-refractivity contribution is -0.141. The highest BCUT2D eigenvalue weighted by Crippen LogP contribution is 2.25. The van der Waals surface area contributed by atoms with E-state index in [0.29, 0.717) is 11.8 Å². The van der Waals surface area contributed by atoms with Crippen molar-refractivity contribution in [2.24, 2.45) is 0 Å². The maximum atomic E-state index is 11.8. The van der Waals surface area contributed by atoms with Crippen molar-refractivity contribution < 1.29 is 14.3 Å². The van der Waals surface area contributed by atoms with Crippen molar-refractivity contribution in [2.45, 2.75) is 45.8 Å². The summed E-state index contributed by atoms with van der Waals surface area (Å²) in [7, 11) is 1.41. The van der Waals surface area contributed by atoms with Crippen molar-refractivity contribution in [3.05, 3.63) is 11.8 Å². The molecule has 2 heterocycles. The Hall–Kier alpha value is -1.85. The third-order valence-corrected chi connectivity index (χ3v) is 3.16. The van der Waals surface area contributed by atoms with Crippen LogP contribution in [-0.4, -0.2) is 41.7 Å². The second-order valence-corrected chi connectivity index (χ2v) is 5.19. The molecule has 20 heavy (non-hydrogen) atoms. The molecular weight excluding hydrogens is 258 g/mol. The molecule has 0 aromatic carbocycles. The lowest BCUT2D eigenvalue weighted by Gasteiger charge is -2.23. The van der Waals surface area contributed by atoms with Crippen molar-refractivity contribution in [2.75, 3.05) is 18.6 Å². The van der Waals surface area contributed by atoms with Gasteiger partial charge < -0.3 is 14.4 Å². The van der Waals surface area contributed by atoms with E-state index < -0.39 is 0 Å². The van der Waals surface area contributed by atoms with Gasteiger partial charge in [-0.3, -0.25) is 0 Å². The second kappa shape index (κ2) is 6.07. The summed E-state index contributed by atoms with van der Waals surface area (Å²) in [5.74, 6) is 0.838. The van der Waals surface area contributed by atoms with Gasteiger partial charge in [0.1, 0.15) is 6.04 Å². The molecule has 1 atom stereocenters. The molecule has 1 fully saturated rings. The van der Waals surface area contributed by atoms with E-state index in [4.69, 9.17) is 9.47 Å². The highest BCUT2D eigenvalue weighted by atomic mass is 16.5. The van der Waals surface area contributed by atoms with E-state index in [1.54, 1.807) is 6.07 Å². The number of esters is 1. The van der Waals surface area contributed by atoms with E-state index >= 15 is 0 Å². The molecule has 0 N–H and O–H groups in total. The molecule has 0 aliphatic carbocycles. The third-order valence-electron chi connectivity index (χ3n) is 3.16. The highest BCUT2D eigenvalue weighted by molar-refractivity contribution is 5.79. The van der Waals surface area contributed by atoms with Gasteiger partial charge in [-0.2, -0.15) is 4.98 Å². The zero-order valence-corrected chi connectivity index (χ0v) is 12.4. The molecular formula is C14H21N3O3. The number of carbonyl (C=O) groups excluding carboxylic acids is 1. The lowest BCUT2D eigenvalue weighted by Crippen LogP contribution is -2.38. The predicted molar refractivity (Wildman–Crippen MR) is 74.9 cm³/mol. The van der Waals surface area contributed by atoms with Gasteiger partial charge in [0.25, 0.3) is 0 Å². The molecule has 0 amide bonds. The monoisotopic (exact) mass is 279 g/mol. The number of nitrogens with zero attached hydrogens (tertiary/aromatic N) is 3. The zero-order chi connectivity index (χ0) is 14.7. The topological polar surface area (TPSA) is 64.5 Å². The van der Waals surface area contributed by atoms with Crippen molar-refractivity contribution in [3.63, 3.8) is 0 Å². The minimum Gasteiger partial charge on any atom is -0.475 e. The molecule has 1 saturated heterocycles. The van der Waals surface area contributed by atoms with E-state index in [-0.39, 0.29) is 18.1 Å². The van der Waals surface area contributed by atoms with Crippen molar-refractivity contribution >= 4 is 11.9 Å². The normalized spacial score (nSPS) is 18.4. The highest BCUT2D eigenvalue weighted by Gasteiger charge is 2.33. The Kier molecular flexibility index (Phi) is 4.42. The molecule has 6 heteroatoms. The summed E-state index contributed by atoms with van der Waals surface area (Å²) in [6.45, 7) is 6.54. The molecule has 0 radical (unpaired) electrons. The SMILES string of the molecule is COC(=O)C1CCCN1c1nc(C)cc(OC(C)C)n1. The van der Waals surface area contributed by atoms with E-state index in [9.17, 15) is 4.79 Å². The Bertz CT molecular complexity index is 491. The number of methoxy groups -OCH3 is 1. The standard InChI is InChI=1S/C14H21N3O3/c1-9(2)20-12-8-10(3)15-14(16-12)17-7-5-6-11(17)13(18)19-4/h8-9,11H,5-7H2,1-4H3. The Morgan fingerprint density at radius 3 is 2.85 bits per heavy atom. The molecule has 110 valence electrons. The van der Waals surface area contributed by atoms with E-state index in [0.717, 1.165) is 25.1 Å². The Morgan fingerprint density at radius 1 is 1.45 bits per heavy atom. The minimum absolute atomic E-state index is 0.0483. The molecule has 2 rings (SSSR count).